The first-order valence-corrected chi connectivity index (χ1v) is 4.60. The van der Waals surface area contributed by atoms with Gasteiger partial charge in [0.2, 0.25) is 0 Å². The summed E-state index contributed by atoms with van der Waals surface area (Å²) in [5, 5.41) is 0. The van der Waals surface area contributed by atoms with E-state index in [9.17, 15) is 0 Å². The van der Waals surface area contributed by atoms with Crippen LogP contribution in [0, 0.1) is 0 Å². The summed E-state index contributed by atoms with van der Waals surface area (Å²) >= 11 is 0. The molecule has 0 aromatic heterocycles. The van der Waals surface area contributed by atoms with Gasteiger partial charge in [-0.3, -0.25) is 0 Å². The van der Waals surface area contributed by atoms with Crippen molar-refractivity contribution in [1.29, 1.82) is 0 Å². The standard InChI is InChI=1S/C9H20N.Au/c1-3-4-7-10(2)8-5-6-9-10;/h3-9H2,1-2H3;/q+1;+3. The molecule has 0 saturated carbocycles. The summed E-state index contributed by atoms with van der Waals surface area (Å²) in [5.41, 5.74) is 0. The van der Waals surface area contributed by atoms with Gasteiger partial charge in [-0.15, -0.1) is 0 Å². The van der Waals surface area contributed by atoms with Crippen LogP contribution in [0.3, 0.4) is 0 Å². The van der Waals surface area contributed by atoms with Gasteiger partial charge in [-0.2, -0.15) is 0 Å². The molecule has 0 bridgehead atoms. The minimum atomic E-state index is 0. The summed E-state index contributed by atoms with van der Waals surface area (Å²) in [5.74, 6) is 0. The minimum absolute atomic E-state index is 0. The van der Waals surface area contributed by atoms with E-state index in [-0.39, 0.29) is 22.4 Å². The first kappa shape index (κ1) is 11.7. The molecule has 1 heterocycles. The van der Waals surface area contributed by atoms with Gasteiger partial charge in [0.25, 0.3) is 0 Å². The number of quaternary nitrogens is 1. The summed E-state index contributed by atoms with van der Waals surface area (Å²) in [6.07, 6.45) is 5.69. The van der Waals surface area contributed by atoms with E-state index in [4.69, 9.17) is 0 Å². The second kappa shape index (κ2) is 5.36. The Labute approximate surface area is 86.3 Å². The molecule has 1 aliphatic rings. The molecule has 0 aromatic rings. The van der Waals surface area contributed by atoms with Crippen molar-refractivity contribution in [3.8, 4) is 0 Å². The topological polar surface area (TPSA) is 0 Å². The van der Waals surface area contributed by atoms with Gasteiger partial charge in [0, 0.05) is 12.8 Å². The molecule has 0 aliphatic carbocycles. The fourth-order valence-corrected chi connectivity index (χ4v) is 1.86. The molecule has 1 saturated heterocycles. The molecule has 0 radical (unpaired) electrons. The Morgan fingerprint density at radius 2 is 1.73 bits per heavy atom. The Morgan fingerprint density at radius 3 is 2.18 bits per heavy atom. The van der Waals surface area contributed by atoms with Crippen molar-refractivity contribution in [1.82, 2.24) is 0 Å². The molecule has 0 aromatic carbocycles. The van der Waals surface area contributed by atoms with Crippen LogP contribution in [0.15, 0.2) is 0 Å². The molecule has 1 fully saturated rings. The van der Waals surface area contributed by atoms with Gasteiger partial charge in [0.1, 0.15) is 0 Å². The molecule has 0 amide bonds. The molecular weight excluding hydrogens is 319 g/mol. The average molecular weight is 339 g/mol. The molecule has 11 heavy (non-hydrogen) atoms. The molecule has 68 valence electrons. The zero-order valence-electron chi connectivity index (χ0n) is 7.70. The third kappa shape index (κ3) is 3.75. The molecule has 1 nitrogen and oxygen atoms in total. The zero-order valence-corrected chi connectivity index (χ0v) is 9.86. The molecule has 1 aliphatic heterocycles. The number of likely N-dealkylation sites (tertiary alicyclic amines) is 1. The largest absolute Gasteiger partial charge is 3.00 e. The second-order valence-electron chi connectivity index (χ2n) is 3.85. The number of nitrogens with zero attached hydrogens (tertiary/aromatic N) is 1. The summed E-state index contributed by atoms with van der Waals surface area (Å²) in [7, 11) is 2.41. The number of unbranched alkanes of at least 4 members (excludes halogenated alkanes) is 1. The van der Waals surface area contributed by atoms with E-state index in [1.54, 1.807) is 0 Å². The minimum Gasteiger partial charge on any atom is -0.326 e. The van der Waals surface area contributed by atoms with Crippen LogP contribution in [0.5, 0.6) is 0 Å². The summed E-state index contributed by atoms with van der Waals surface area (Å²) in [4.78, 5) is 0. The van der Waals surface area contributed by atoms with Gasteiger partial charge in [-0.25, -0.2) is 0 Å². The van der Waals surface area contributed by atoms with Gasteiger partial charge >= 0.3 is 22.4 Å². The third-order valence-corrected chi connectivity index (χ3v) is 2.70. The molecule has 1 rings (SSSR count). The van der Waals surface area contributed by atoms with Crippen molar-refractivity contribution in [2.45, 2.75) is 32.6 Å². The Balaban J connectivity index is 0.000001000. The van der Waals surface area contributed by atoms with E-state index in [1.165, 1.54) is 49.8 Å². The zero-order chi connectivity index (χ0) is 7.45. The fraction of sp³-hybridized carbons (Fsp3) is 1.00. The van der Waals surface area contributed by atoms with Crippen LogP contribution in [0.25, 0.3) is 0 Å². The maximum absolute atomic E-state index is 2.41. The monoisotopic (exact) mass is 339 g/mol. The average Bonchev–Trinajstić information content (AvgIpc) is 2.33. The number of hydrogen-bond acceptors (Lipinski definition) is 0. The summed E-state index contributed by atoms with van der Waals surface area (Å²) < 4.78 is 1.36. The van der Waals surface area contributed by atoms with Crippen LogP contribution in [0.2, 0.25) is 0 Å². The quantitative estimate of drug-likeness (QED) is 0.545. The van der Waals surface area contributed by atoms with Crippen molar-refractivity contribution in [3.05, 3.63) is 0 Å². The van der Waals surface area contributed by atoms with E-state index < -0.39 is 0 Å². The first-order chi connectivity index (χ1) is 4.77. The van der Waals surface area contributed by atoms with Crippen LogP contribution < -0.4 is 0 Å². The van der Waals surface area contributed by atoms with Crippen molar-refractivity contribution in [2.75, 3.05) is 26.7 Å². The normalized spacial score (nSPS) is 21.3. The van der Waals surface area contributed by atoms with Crippen molar-refractivity contribution >= 4 is 0 Å². The maximum atomic E-state index is 2.41. The van der Waals surface area contributed by atoms with E-state index >= 15 is 0 Å². The Bertz CT molecular complexity index is 97.7. The molecule has 0 spiro atoms. The van der Waals surface area contributed by atoms with Crippen LogP contribution >= 0.6 is 0 Å². The predicted octanol–water partition coefficient (Wildman–Crippen LogP) is 2.02. The van der Waals surface area contributed by atoms with Crippen molar-refractivity contribution in [3.63, 3.8) is 0 Å². The summed E-state index contributed by atoms with van der Waals surface area (Å²) in [6, 6.07) is 0. The number of rotatable bonds is 3. The SMILES string of the molecule is CCCC[N+]1(C)CCCC1.[Au+3]. The van der Waals surface area contributed by atoms with Gasteiger partial charge in [-0.1, -0.05) is 13.3 Å². The van der Waals surface area contributed by atoms with Gasteiger partial charge in [-0.05, 0) is 6.42 Å². The molecular formula is C9H20AuN+4. The molecule has 0 atom stereocenters. The fourth-order valence-electron chi connectivity index (χ4n) is 1.86. The van der Waals surface area contributed by atoms with Crippen molar-refractivity contribution < 1.29 is 26.9 Å². The molecule has 0 unspecified atom stereocenters. The van der Waals surface area contributed by atoms with E-state index in [0.29, 0.717) is 0 Å². The van der Waals surface area contributed by atoms with Crippen LogP contribution in [0.1, 0.15) is 32.6 Å². The molecule has 2 heteroatoms. The maximum Gasteiger partial charge on any atom is 3.00 e. The van der Waals surface area contributed by atoms with E-state index in [0.717, 1.165) is 0 Å². The number of hydrogen-bond donors (Lipinski definition) is 0. The van der Waals surface area contributed by atoms with Gasteiger partial charge in [0.05, 0.1) is 26.7 Å². The Hall–Kier alpha value is 0.700. The summed E-state index contributed by atoms with van der Waals surface area (Å²) in [6.45, 7) is 6.55. The van der Waals surface area contributed by atoms with E-state index in [2.05, 4.69) is 14.0 Å². The smallest absolute Gasteiger partial charge is 0.326 e. The van der Waals surface area contributed by atoms with Gasteiger partial charge < -0.3 is 4.48 Å². The Kier molecular flexibility index (Phi) is 5.71. The van der Waals surface area contributed by atoms with E-state index in [1.807, 2.05) is 0 Å². The second-order valence-corrected chi connectivity index (χ2v) is 3.85. The molecule has 0 N–H and O–H groups in total. The van der Waals surface area contributed by atoms with Crippen LogP contribution in [0.4, 0.5) is 0 Å². The van der Waals surface area contributed by atoms with Gasteiger partial charge in [0.15, 0.2) is 0 Å². The third-order valence-electron chi connectivity index (χ3n) is 2.70. The predicted molar refractivity (Wildman–Crippen MR) is 44.9 cm³/mol. The van der Waals surface area contributed by atoms with Crippen LogP contribution in [-0.2, 0) is 22.4 Å². The Morgan fingerprint density at radius 1 is 1.18 bits per heavy atom. The van der Waals surface area contributed by atoms with Crippen molar-refractivity contribution in [2.24, 2.45) is 0 Å². The van der Waals surface area contributed by atoms with Crippen LogP contribution in [-0.4, -0.2) is 31.2 Å². The first-order valence-electron chi connectivity index (χ1n) is 4.60.